The van der Waals surface area contributed by atoms with E-state index in [9.17, 15) is 0 Å². The molecule has 2 aliphatic rings. The molecule has 9 rings (SSSR count). The van der Waals surface area contributed by atoms with Crippen LogP contribution in [0.3, 0.4) is 0 Å². The lowest BCUT2D eigenvalue weighted by Gasteiger charge is -2.14. The van der Waals surface area contributed by atoms with Crippen molar-refractivity contribution in [3.8, 4) is 44.6 Å². The molecular formula is C33H17N. The predicted octanol–water partition coefficient (Wildman–Crippen LogP) is 8.99. The van der Waals surface area contributed by atoms with Gasteiger partial charge in [0.1, 0.15) is 0 Å². The molecule has 0 atom stereocenters. The quantitative estimate of drug-likeness (QED) is 0.238. The summed E-state index contributed by atoms with van der Waals surface area (Å²) in [7, 11) is 0. The zero-order chi connectivity index (χ0) is 22.0. The van der Waals surface area contributed by atoms with Crippen LogP contribution in [0.2, 0.25) is 0 Å². The van der Waals surface area contributed by atoms with E-state index >= 15 is 0 Å². The number of nitrogens with zero attached hydrogens (tertiary/aromatic N) is 1. The molecule has 0 N–H and O–H groups in total. The summed E-state index contributed by atoms with van der Waals surface area (Å²) in [6.45, 7) is 0. The van der Waals surface area contributed by atoms with E-state index in [0.29, 0.717) is 0 Å². The first-order chi connectivity index (χ1) is 16.9. The average molecular weight is 428 g/mol. The molecule has 0 unspecified atom stereocenters. The van der Waals surface area contributed by atoms with E-state index in [1.165, 1.54) is 82.0 Å². The SMILES string of the molecule is c1cnc2c(c1)-c1ccc(-c3ccc4c5c3ccc3ccc6cccc-4c6c35)c3cccc-2c13. The largest absolute Gasteiger partial charge is 0.256 e. The lowest BCUT2D eigenvalue weighted by molar-refractivity contribution is 1.35. The molecule has 0 saturated heterocycles. The van der Waals surface area contributed by atoms with Crippen LogP contribution in [-0.4, -0.2) is 4.98 Å². The second kappa shape index (κ2) is 5.70. The van der Waals surface area contributed by atoms with E-state index in [4.69, 9.17) is 4.98 Å². The van der Waals surface area contributed by atoms with Gasteiger partial charge >= 0.3 is 0 Å². The summed E-state index contributed by atoms with van der Waals surface area (Å²) in [5, 5.41) is 10.8. The minimum atomic E-state index is 1.10. The maximum Gasteiger partial charge on any atom is 0.0786 e. The second-order valence-corrected chi connectivity index (χ2v) is 9.50. The highest BCUT2D eigenvalue weighted by Gasteiger charge is 2.25. The Hall–Kier alpha value is -4.49. The Morgan fingerprint density at radius 3 is 1.85 bits per heavy atom. The second-order valence-electron chi connectivity index (χ2n) is 9.50. The van der Waals surface area contributed by atoms with Crippen LogP contribution in [-0.2, 0) is 0 Å². The zero-order valence-corrected chi connectivity index (χ0v) is 18.3. The zero-order valence-electron chi connectivity index (χ0n) is 18.3. The molecule has 0 radical (unpaired) electrons. The van der Waals surface area contributed by atoms with Crippen LogP contribution in [0.4, 0.5) is 0 Å². The van der Waals surface area contributed by atoms with Gasteiger partial charge in [-0.25, -0.2) is 0 Å². The molecule has 2 aliphatic carbocycles. The summed E-state index contributed by atoms with van der Waals surface area (Å²) in [5.74, 6) is 0. The molecule has 0 spiro atoms. The van der Waals surface area contributed by atoms with Crippen molar-refractivity contribution in [1.82, 2.24) is 4.98 Å². The number of hydrogen-bond donors (Lipinski definition) is 0. The Labute approximate surface area is 195 Å². The summed E-state index contributed by atoms with van der Waals surface area (Å²) in [4.78, 5) is 4.72. The summed E-state index contributed by atoms with van der Waals surface area (Å²) < 4.78 is 0. The van der Waals surface area contributed by atoms with Crippen molar-refractivity contribution in [2.45, 2.75) is 0 Å². The van der Waals surface area contributed by atoms with Gasteiger partial charge in [-0.1, -0.05) is 91.0 Å². The Bertz CT molecular complexity index is 2030. The fourth-order valence-corrected chi connectivity index (χ4v) is 6.62. The number of rotatable bonds is 1. The van der Waals surface area contributed by atoms with Gasteiger partial charge in [0.15, 0.2) is 0 Å². The van der Waals surface area contributed by atoms with Crippen molar-refractivity contribution in [3.05, 3.63) is 103 Å². The van der Waals surface area contributed by atoms with Gasteiger partial charge in [0.05, 0.1) is 5.69 Å². The van der Waals surface area contributed by atoms with Crippen LogP contribution < -0.4 is 0 Å². The number of benzene rings is 6. The maximum atomic E-state index is 4.72. The van der Waals surface area contributed by atoms with Gasteiger partial charge in [-0.3, -0.25) is 4.98 Å². The Morgan fingerprint density at radius 2 is 0.971 bits per heavy atom. The van der Waals surface area contributed by atoms with Gasteiger partial charge in [0.25, 0.3) is 0 Å². The summed E-state index contributed by atoms with van der Waals surface area (Å²) in [6, 6.07) is 36.0. The van der Waals surface area contributed by atoms with E-state index in [2.05, 4.69) is 91.0 Å². The highest BCUT2D eigenvalue weighted by molar-refractivity contribution is 6.34. The number of aromatic nitrogens is 1. The van der Waals surface area contributed by atoms with Gasteiger partial charge in [-0.05, 0) is 77.0 Å². The average Bonchev–Trinajstić information content (AvgIpc) is 3.41. The number of fused-ring (bicyclic) bond motifs is 4. The van der Waals surface area contributed by atoms with Crippen LogP contribution in [0.1, 0.15) is 0 Å². The minimum absolute atomic E-state index is 1.10. The molecule has 0 aliphatic heterocycles. The van der Waals surface area contributed by atoms with Crippen molar-refractivity contribution in [1.29, 1.82) is 0 Å². The van der Waals surface area contributed by atoms with Gasteiger partial charge < -0.3 is 0 Å². The van der Waals surface area contributed by atoms with Gasteiger partial charge in [0, 0.05) is 17.3 Å². The van der Waals surface area contributed by atoms with Crippen molar-refractivity contribution in [2.75, 3.05) is 0 Å². The third kappa shape index (κ3) is 1.84. The molecule has 6 aromatic carbocycles. The minimum Gasteiger partial charge on any atom is -0.256 e. The van der Waals surface area contributed by atoms with Gasteiger partial charge in [0.2, 0.25) is 0 Å². The molecule has 0 fully saturated rings. The molecule has 0 amide bonds. The molecule has 1 heterocycles. The highest BCUT2D eigenvalue weighted by atomic mass is 14.7. The first-order valence-electron chi connectivity index (χ1n) is 11.8. The van der Waals surface area contributed by atoms with E-state index in [1.54, 1.807) is 0 Å². The topological polar surface area (TPSA) is 12.9 Å². The summed E-state index contributed by atoms with van der Waals surface area (Å²) >= 11 is 0. The molecule has 1 nitrogen and oxygen atoms in total. The lowest BCUT2D eigenvalue weighted by atomic mass is 9.89. The Kier molecular flexibility index (Phi) is 2.86. The molecule has 0 saturated carbocycles. The van der Waals surface area contributed by atoms with E-state index in [1.807, 2.05) is 12.3 Å². The van der Waals surface area contributed by atoms with Crippen LogP contribution >= 0.6 is 0 Å². The van der Waals surface area contributed by atoms with E-state index in [0.717, 1.165) is 5.69 Å². The van der Waals surface area contributed by atoms with Crippen LogP contribution in [0.5, 0.6) is 0 Å². The van der Waals surface area contributed by atoms with Crippen molar-refractivity contribution >= 4 is 43.1 Å². The van der Waals surface area contributed by atoms with Crippen LogP contribution in [0.15, 0.2) is 103 Å². The van der Waals surface area contributed by atoms with Crippen molar-refractivity contribution in [3.63, 3.8) is 0 Å². The summed E-state index contributed by atoms with van der Waals surface area (Å²) in [5.41, 5.74) is 10.2. The van der Waals surface area contributed by atoms with Crippen molar-refractivity contribution in [2.24, 2.45) is 0 Å². The molecule has 0 bridgehead atoms. The monoisotopic (exact) mass is 427 g/mol. The molecule has 34 heavy (non-hydrogen) atoms. The van der Waals surface area contributed by atoms with Gasteiger partial charge in [-0.2, -0.15) is 0 Å². The smallest absolute Gasteiger partial charge is 0.0786 e. The number of hydrogen-bond acceptors (Lipinski definition) is 1. The fourth-order valence-electron chi connectivity index (χ4n) is 6.62. The summed E-state index contributed by atoms with van der Waals surface area (Å²) in [6.07, 6.45) is 1.90. The number of pyridine rings is 1. The van der Waals surface area contributed by atoms with Gasteiger partial charge in [-0.15, -0.1) is 0 Å². The first kappa shape index (κ1) is 17.0. The fraction of sp³-hybridized carbons (Fsp3) is 0. The predicted molar refractivity (Wildman–Crippen MR) is 143 cm³/mol. The molecule has 1 heteroatoms. The molecular weight excluding hydrogens is 410 g/mol. The third-order valence-electron chi connectivity index (χ3n) is 7.98. The highest BCUT2D eigenvalue weighted by Crippen LogP contribution is 2.52. The Morgan fingerprint density at radius 1 is 0.353 bits per heavy atom. The Balaban J connectivity index is 1.43. The van der Waals surface area contributed by atoms with Crippen LogP contribution in [0, 0.1) is 0 Å². The normalized spacial score (nSPS) is 12.7. The standard InChI is InChI=1S/C33H17N/c1-4-18-9-10-19-11-12-24-21(13-15-25-23(5-1)29(18)30(19)32(24)25)20-14-16-26-27-8-3-17-34-33(27)28-7-2-6-22(20)31(26)28/h1-17H. The van der Waals surface area contributed by atoms with Crippen molar-refractivity contribution < 1.29 is 0 Å². The first-order valence-corrected chi connectivity index (χ1v) is 11.8. The molecule has 7 aromatic rings. The maximum absolute atomic E-state index is 4.72. The van der Waals surface area contributed by atoms with E-state index < -0.39 is 0 Å². The van der Waals surface area contributed by atoms with E-state index in [-0.39, 0.29) is 0 Å². The molecule has 1 aromatic heterocycles. The third-order valence-corrected chi connectivity index (χ3v) is 7.98. The lowest BCUT2D eigenvalue weighted by Crippen LogP contribution is -1.87. The van der Waals surface area contributed by atoms with Crippen LogP contribution in [0.25, 0.3) is 87.7 Å². The molecule has 154 valence electrons.